The smallest absolute Gasteiger partial charge is 0.410 e. The third kappa shape index (κ3) is 4.03. The van der Waals surface area contributed by atoms with Gasteiger partial charge in [0, 0.05) is 43.1 Å². The molecule has 3 unspecified atom stereocenters. The van der Waals surface area contributed by atoms with Crippen LogP contribution in [0.25, 0.3) is 11.3 Å². The number of nitrogens with zero attached hydrogens (tertiary/aromatic N) is 2. The number of rotatable bonds is 4. The zero-order valence-corrected chi connectivity index (χ0v) is 19.2. The monoisotopic (exact) mass is 453 g/mol. The highest BCUT2D eigenvalue weighted by atomic mass is 19.1. The second-order valence-electron chi connectivity index (χ2n) is 10.4. The molecule has 1 aromatic heterocycles. The van der Waals surface area contributed by atoms with E-state index in [4.69, 9.17) is 9.47 Å². The summed E-state index contributed by atoms with van der Waals surface area (Å²) in [5, 5.41) is 2.80. The first kappa shape index (κ1) is 21.7. The van der Waals surface area contributed by atoms with Gasteiger partial charge in [-0.3, -0.25) is 4.79 Å². The minimum atomic E-state index is -0.650. The molecule has 2 amide bonds. The summed E-state index contributed by atoms with van der Waals surface area (Å²) < 4.78 is 25.1. The van der Waals surface area contributed by atoms with Crippen molar-refractivity contribution in [2.75, 3.05) is 19.6 Å². The Morgan fingerprint density at radius 2 is 1.85 bits per heavy atom. The zero-order chi connectivity index (χ0) is 23.5. The molecule has 3 aliphatic rings. The second-order valence-corrected chi connectivity index (χ2v) is 10.4. The van der Waals surface area contributed by atoms with Crippen molar-refractivity contribution in [3.05, 3.63) is 47.8 Å². The maximum atomic E-state index is 13.4. The van der Waals surface area contributed by atoms with E-state index in [0.717, 1.165) is 11.1 Å². The normalized spacial score (nSPS) is 28.0. The van der Waals surface area contributed by atoms with Crippen LogP contribution in [0.15, 0.2) is 36.4 Å². The summed E-state index contributed by atoms with van der Waals surface area (Å²) in [6.45, 7) is 9.18. The Morgan fingerprint density at radius 1 is 1.18 bits per heavy atom. The molecule has 174 valence electrons. The molecule has 3 fully saturated rings. The van der Waals surface area contributed by atoms with E-state index in [1.807, 2.05) is 39.8 Å². The molecule has 2 saturated heterocycles. The van der Waals surface area contributed by atoms with Crippen LogP contribution in [0.1, 0.15) is 33.3 Å². The number of fused-ring (bicyclic) bond motifs is 1. The Kier molecular flexibility index (Phi) is 4.88. The molecule has 5 rings (SSSR count). The maximum absolute atomic E-state index is 13.4. The van der Waals surface area contributed by atoms with Crippen molar-refractivity contribution in [3.8, 4) is 17.1 Å². The van der Waals surface area contributed by atoms with Crippen LogP contribution in [0, 0.1) is 17.7 Å². The molecule has 7 nitrogen and oxygen atoms in total. The van der Waals surface area contributed by atoms with Gasteiger partial charge in [0.1, 0.15) is 17.5 Å². The largest absolute Gasteiger partial charge is 0.474 e. The highest BCUT2D eigenvalue weighted by Crippen LogP contribution is 2.48. The summed E-state index contributed by atoms with van der Waals surface area (Å²) in [6, 6.07) is 9.80. The number of halogens is 1. The number of benzene rings is 1. The lowest BCUT2D eigenvalue weighted by Crippen LogP contribution is -2.60. The number of pyridine rings is 1. The van der Waals surface area contributed by atoms with E-state index < -0.39 is 11.0 Å². The highest BCUT2D eigenvalue weighted by Gasteiger charge is 2.59. The van der Waals surface area contributed by atoms with E-state index in [2.05, 4.69) is 10.3 Å². The number of carbonyl (C=O) groups is 2. The van der Waals surface area contributed by atoms with Crippen LogP contribution in [0.5, 0.6) is 5.88 Å². The van der Waals surface area contributed by atoms with E-state index in [9.17, 15) is 14.0 Å². The van der Waals surface area contributed by atoms with Gasteiger partial charge in [-0.15, -0.1) is 0 Å². The van der Waals surface area contributed by atoms with Crippen LogP contribution in [0.2, 0.25) is 0 Å². The first-order chi connectivity index (χ1) is 15.5. The van der Waals surface area contributed by atoms with E-state index in [-0.39, 0.29) is 35.8 Å². The SMILES string of the molecule is CC(C)(C)OC(=O)N1CC2C(C1)C2Oc1cc(C2(C)CNC2=O)cc(-c2ccc(F)cc2)n1. The Hall–Kier alpha value is -3.16. The number of nitrogens with one attached hydrogen (secondary N) is 1. The van der Waals surface area contributed by atoms with Crippen molar-refractivity contribution in [2.45, 2.75) is 44.8 Å². The van der Waals surface area contributed by atoms with Crippen LogP contribution >= 0.6 is 0 Å². The number of ether oxygens (including phenoxy) is 2. The highest BCUT2D eigenvalue weighted by molar-refractivity contribution is 5.94. The number of carbonyl (C=O) groups excluding carboxylic acids is 2. The predicted octanol–water partition coefficient (Wildman–Crippen LogP) is 3.52. The molecule has 0 bridgehead atoms. The molecular formula is C25H28FN3O4. The van der Waals surface area contributed by atoms with Gasteiger partial charge in [0.05, 0.1) is 11.1 Å². The van der Waals surface area contributed by atoms with E-state index in [1.54, 1.807) is 17.0 Å². The molecule has 1 N–H and O–H groups in total. The fraction of sp³-hybridized carbons (Fsp3) is 0.480. The molecule has 0 radical (unpaired) electrons. The minimum Gasteiger partial charge on any atom is -0.474 e. The van der Waals surface area contributed by atoms with Gasteiger partial charge in [0.2, 0.25) is 11.8 Å². The molecule has 1 aliphatic carbocycles. The third-order valence-electron chi connectivity index (χ3n) is 6.71. The van der Waals surface area contributed by atoms with Gasteiger partial charge >= 0.3 is 6.09 Å². The number of hydrogen-bond donors (Lipinski definition) is 1. The van der Waals surface area contributed by atoms with Gasteiger partial charge in [-0.1, -0.05) is 0 Å². The standard InChI is InChI=1S/C25H28FN3O4/c1-24(2,3)33-23(31)29-11-17-18(12-29)21(17)32-20-10-15(25(4)13-27-22(25)30)9-19(28-20)14-5-7-16(26)8-6-14/h5-10,17-18,21H,11-13H2,1-4H3,(H,27,30). The number of β-lactam (4-membered cyclic amide) rings is 1. The Labute approximate surface area is 192 Å². The zero-order valence-electron chi connectivity index (χ0n) is 19.2. The topological polar surface area (TPSA) is 80.8 Å². The quantitative estimate of drug-likeness (QED) is 0.717. The summed E-state index contributed by atoms with van der Waals surface area (Å²) in [5.74, 6) is 0.550. The fourth-order valence-electron chi connectivity index (χ4n) is 4.57. The third-order valence-corrected chi connectivity index (χ3v) is 6.71. The molecule has 2 aliphatic heterocycles. The molecule has 33 heavy (non-hydrogen) atoms. The lowest BCUT2D eigenvalue weighted by atomic mass is 9.76. The van der Waals surface area contributed by atoms with Gasteiger partial charge in [0.25, 0.3) is 0 Å². The van der Waals surface area contributed by atoms with Crippen LogP contribution in [0.3, 0.4) is 0 Å². The summed E-state index contributed by atoms with van der Waals surface area (Å²) in [7, 11) is 0. The maximum Gasteiger partial charge on any atom is 0.410 e. The predicted molar refractivity (Wildman–Crippen MR) is 119 cm³/mol. The molecule has 3 heterocycles. The Bertz CT molecular complexity index is 1100. The van der Waals surface area contributed by atoms with Gasteiger partial charge in [-0.25, -0.2) is 14.2 Å². The lowest BCUT2D eigenvalue weighted by Gasteiger charge is -2.38. The summed E-state index contributed by atoms with van der Waals surface area (Å²) in [4.78, 5) is 31.0. The summed E-state index contributed by atoms with van der Waals surface area (Å²) in [6.07, 6.45) is -0.327. The van der Waals surface area contributed by atoms with Crippen molar-refractivity contribution < 1.29 is 23.5 Å². The number of piperidine rings is 1. The number of amides is 2. The average Bonchev–Trinajstić information content (AvgIpc) is 3.18. The number of likely N-dealkylation sites (tertiary alicyclic amines) is 1. The van der Waals surface area contributed by atoms with E-state index >= 15 is 0 Å². The summed E-state index contributed by atoms with van der Waals surface area (Å²) >= 11 is 0. The van der Waals surface area contributed by atoms with Crippen molar-refractivity contribution in [3.63, 3.8) is 0 Å². The van der Waals surface area contributed by atoms with E-state index in [0.29, 0.717) is 31.2 Å². The van der Waals surface area contributed by atoms with Gasteiger partial charge in [-0.2, -0.15) is 0 Å². The fourth-order valence-corrected chi connectivity index (χ4v) is 4.57. The van der Waals surface area contributed by atoms with Gasteiger partial charge < -0.3 is 19.7 Å². The Morgan fingerprint density at radius 3 is 2.39 bits per heavy atom. The van der Waals surface area contributed by atoms with Crippen molar-refractivity contribution in [2.24, 2.45) is 11.8 Å². The molecule has 1 saturated carbocycles. The van der Waals surface area contributed by atoms with Crippen LogP contribution in [-0.2, 0) is 14.9 Å². The Balaban J connectivity index is 1.34. The van der Waals surface area contributed by atoms with Crippen LogP contribution in [-0.4, -0.2) is 53.2 Å². The molecule has 2 aromatic rings. The van der Waals surface area contributed by atoms with Crippen molar-refractivity contribution in [1.82, 2.24) is 15.2 Å². The molecule has 1 aromatic carbocycles. The van der Waals surface area contributed by atoms with Gasteiger partial charge in [-0.05, 0) is 63.6 Å². The summed E-state index contributed by atoms with van der Waals surface area (Å²) in [5.41, 5.74) is 1.02. The van der Waals surface area contributed by atoms with Crippen LogP contribution in [0.4, 0.5) is 9.18 Å². The molecule has 8 heteroatoms. The van der Waals surface area contributed by atoms with Crippen molar-refractivity contribution in [1.29, 1.82) is 0 Å². The first-order valence-corrected chi connectivity index (χ1v) is 11.2. The molecule has 0 spiro atoms. The molecular weight excluding hydrogens is 425 g/mol. The number of hydrogen-bond acceptors (Lipinski definition) is 5. The van der Waals surface area contributed by atoms with E-state index in [1.165, 1.54) is 12.1 Å². The second kappa shape index (κ2) is 7.43. The number of aromatic nitrogens is 1. The minimum absolute atomic E-state index is 0.0319. The van der Waals surface area contributed by atoms with Crippen LogP contribution < -0.4 is 10.1 Å². The first-order valence-electron chi connectivity index (χ1n) is 11.2. The van der Waals surface area contributed by atoms with Crippen molar-refractivity contribution >= 4 is 12.0 Å². The molecule has 3 atom stereocenters. The average molecular weight is 454 g/mol. The lowest BCUT2D eigenvalue weighted by molar-refractivity contribution is -0.132. The van der Waals surface area contributed by atoms with Gasteiger partial charge in [0.15, 0.2) is 0 Å².